The SMILES string of the molecule is C=CC=CCCOC(=O)C(=C)CC. The van der Waals surface area contributed by atoms with Crippen LogP contribution in [0.5, 0.6) is 0 Å². The highest BCUT2D eigenvalue weighted by Crippen LogP contribution is 1.99. The lowest BCUT2D eigenvalue weighted by molar-refractivity contribution is -0.138. The minimum Gasteiger partial charge on any atom is -0.462 e. The predicted molar refractivity (Wildman–Crippen MR) is 54.3 cm³/mol. The molecule has 0 rings (SSSR count). The molecule has 0 heterocycles. The Balaban J connectivity index is 3.53. The van der Waals surface area contributed by atoms with Crippen molar-refractivity contribution in [3.05, 3.63) is 37.0 Å². The van der Waals surface area contributed by atoms with Gasteiger partial charge in [0.25, 0.3) is 0 Å². The average molecular weight is 180 g/mol. The summed E-state index contributed by atoms with van der Waals surface area (Å²) in [6, 6.07) is 0. The quantitative estimate of drug-likeness (QED) is 0.272. The summed E-state index contributed by atoms with van der Waals surface area (Å²) < 4.78 is 4.92. The molecule has 0 fully saturated rings. The van der Waals surface area contributed by atoms with Crippen LogP contribution in [-0.2, 0) is 9.53 Å². The molecule has 0 amide bonds. The van der Waals surface area contributed by atoms with Crippen molar-refractivity contribution in [3.8, 4) is 0 Å². The Kier molecular flexibility index (Phi) is 6.60. The van der Waals surface area contributed by atoms with E-state index in [1.54, 1.807) is 6.08 Å². The summed E-state index contributed by atoms with van der Waals surface area (Å²) in [4.78, 5) is 11.0. The van der Waals surface area contributed by atoms with Gasteiger partial charge in [0, 0.05) is 5.57 Å². The van der Waals surface area contributed by atoms with Crippen molar-refractivity contribution in [1.29, 1.82) is 0 Å². The molecule has 0 saturated heterocycles. The van der Waals surface area contributed by atoms with Gasteiger partial charge in [-0.3, -0.25) is 0 Å². The second-order valence-corrected chi connectivity index (χ2v) is 2.55. The van der Waals surface area contributed by atoms with Crippen LogP contribution in [0.3, 0.4) is 0 Å². The van der Waals surface area contributed by atoms with E-state index in [0.29, 0.717) is 18.6 Å². The highest BCUT2D eigenvalue weighted by molar-refractivity contribution is 5.87. The fourth-order valence-corrected chi connectivity index (χ4v) is 0.659. The summed E-state index contributed by atoms with van der Waals surface area (Å²) in [6.07, 6.45) is 6.76. The number of hydrogen-bond acceptors (Lipinski definition) is 2. The van der Waals surface area contributed by atoms with Gasteiger partial charge < -0.3 is 4.74 Å². The molecule has 0 atom stereocenters. The second-order valence-electron chi connectivity index (χ2n) is 2.55. The first kappa shape index (κ1) is 11.7. The van der Waals surface area contributed by atoms with Crippen molar-refractivity contribution in [2.45, 2.75) is 19.8 Å². The van der Waals surface area contributed by atoms with Crippen LogP contribution < -0.4 is 0 Å². The number of carbonyl (C=O) groups excluding carboxylic acids is 1. The zero-order valence-corrected chi connectivity index (χ0v) is 8.08. The van der Waals surface area contributed by atoms with Crippen molar-refractivity contribution < 1.29 is 9.53 Å². The van der Waals surface area contributed by atoms with Gasteiger partial charge in [-0.25, -0.2) is 4.79 Å². The number of rotatable bonds is 6. The van der Waals surface area contributed by atoms with Gasteiger partial charge in [0.2, 0.25) is 0 Å². The van der Waals surface area contributed by atoms with Crippen LogP contribution in [0.15, 0.2) is 37.0 Å². The zero-order valence-electron chi connectivity index (χ0n) is 8.08. The molecular weight excluding hydrogens is 164 g/mol. The van der Waals surface area contributed by atoms with Crippen LogP contribution in [0.25, 0.3) is 0 Å². The minimum absolute atomic E-state index is 0.297. The Morgan fingerprint density at radius 1 is 1.54 bits per heavy atom. The number of ether oxygens (including phenoxy) is 1. The Labute approximate surface area is 79.6 Å². The van der Waals surface area contributed by atoms with Crippen LogP contribution in [-0.4, -0.2) is 12.6 Å². The van der Waals surface area contributed by atoms with E-state index in [1.165, 1.54) is 0 Å². The van der Waals surface area contributed by atoms with E-state index < -0.39 is 0 Å². The monoisotopic (exact) mass is 180 g/mol. The highest BCUT2D eigenvalue weighted by atomic mass is 16.5. The lowest BCUT2D eigenvalue weighted by Crippen LogP contribution is -2.06. The van der Waals surface area contributed by atoms with E-state index in [9.17, 15) is 4.79 Å². The first-order valence-electron chi connectivity index (χ1n) is 4.34. The van der Waals surface area contributed by atoms with Crippen LogP contribution in [0.1, 0.15) is 19.8 Å². The lowest BCUT2D eigenvalue weighted by atomic mass is 10.2. The van der Waals surface area contributed by atoms with Crippen molar-refractivity contribution in [1.82, 2.24) is 0 Å². The third-order valence-corrected chi connectivity index (χ3v) is 1.51. The maximum atomic E-state index is 11.0. The van der Waals surface area contributed by atoms with Gasteiger partial charge in [-0.2, -0.15) is 0 Å². The van der Waals surface area contributed by atoms with Crippen molar-refractivity contribution in [2.24, 2.45) is 0 Å². The van der Waals surface area contributed by atoms with Gasteiger partial charge in [-0.05, 0) is 12.8 Å². The molecule has 0 N–H and O–H groups in total. The average Bonchev–Trinajstić information content (AvgIpc) is 2.16. The molecule has 0 aromatic rings. The molecule has 0 radical (unpaired) electrons. The van der Waals surface area contributed by atoms with Crippen molar-refractivity contribution in [2.75, 3.05) is 6.61 Å². The van der Waals surface area contributed by atoms with Gasteiger partial charge in [0.1, 0.15) is 0 Å². The Morgan fingerprint density at radius 2 is 2.23 bits per heavy atom. The van der Waals surface area contributed by atoms with Gasteiger partial charge in [0.15, 0.2) is 0 Å². The van der Waals surface area contributed by atoms with E-state index in [2.05, 4.69) is 13.2 Å². The molecule has 13 heavy (non-hydrogen) atoms. The molecule has 0 bridgehead atoms. The molecule has 0 aromatic heterocycles. The molecule has 0 aliphatic rings. The summed E-state index contributed by atoms with van der Waals surface area (Å²) in [5.41, 5.74) is 0.521. The Bertz CT molecular complexity index is 214. The van der Waals surface area contributed by atoms with Gasteiger partial charge in [0.05, 0.1) is 6.61 Å². The van der Waals surface area contributed by atoms with E-state index in [-0.39, 0.29) is 5.97 Å². The van der Waals surface area contributed by atoms with Gasteiger partial charge >= 0.3 is 5.97 Å². The largest absolute Gasteiger partial charge is 0.462 e. The fraction of sp³-hybridized carbons (Fsp3) is 0.364. The first-order valence-corrected chi connectivity index (χ1v) is 4.34. The molecular formula is C11H16O2. The molecule has 0 unspecified atom stereocenters. The second kappa shape index (κ2) is 7.35. The number of carbonyl (C=O) groups is 1. The van der Waals surface area contributed by atoms with Crippen LogP contribution in [0, 0.1) is 0 Å². The summed E-state index contributed by atoms with van der Waals surface area (Å²) in [6.45, 7) is 9.39. The molecule has 0 saturated carbocycles. The van der Waals surface area contributed by atoms with E-state index >= 15 is 0 Å². The fourth-order valence-electron chi connectivity index (χ4n) is 0.659. The number of allylic oxidation sites excluding steroid dienone is 2. The smallest absolute Gasteiger partial charge is 0.333 e. The molecule has 0 aliphatic carbocycles. The maximum absolute atomic E-state index is 11.0. The molecule has 72 valence electrons. The number of hydrogen-bond donors (Lipinski definition) is 0. The third kappa shape index (κ3) is 5.91. The predicted octanol–water partition coefficient (Wildman–Crippen LogP) is 2.63. The highest BCUT2D eigenvalue weighted by Gasteiger charge is 2.03. The van der Waals surface area contributed by atoms with Crippen LogP contribution >= 0.6 is 0 Å². The topological polar surface area (TPSA) is 26.3 Å². The van der Waals surface area contributed by atoms with E-state index in [1.807, 2.05) is 19.1 Å². The van der Waals surface area contributed by atoms with Gasteiger partial charge in [-0.15, -0.1) is 0 Å². The van der Waals surface area contributed by atoms with Crippen LogP contribution in [0.2, 0.25) is 0 Å². The maximum Gasteiger partial charge on any atom is 0.333 e. The van der Waals surface area contributed by atoms with E-state index in [0.717, 1.165) is 6.42 Å². The zero-order chi connectivity index (χ0) is 10.1. The minimum atomic E-state index is -0.297. The van der Waals surface area contributed by atoms with Crippen molar-refractivity contribution in [3.63, 3.8) is 0 Å². The molecule has 2 heteroatoms. The third-order valence-electron chi connectivity index (χ3n) is 1.51. The normalized spacial score (nSPS) is 9.92. The van der Waals surface area contributed by atoms with Crippen LogP contribution in [0.4, 0.5) is 0 Å². The summed E-state index contributed by atoms with van der Waals surface area (Å²) in [7, 11) is 0. The van der Waals surface area contributed by atoms with Crippen molar-refractivity contribution >= 4 is 5.97 Å². The summed E-state index contributed by atoms with van der Waals surface area (Å²) >= 11 is 0. The first-order chi connectivity index (χ1) is 6.22. The van der Waals surface area contributed by atoms with Gasteiger partial charge in [-0.1, -0.05) is 38.3 Å². The molecule has 0 spiro atoms. The summed E-state index contributed by atoms with van der Waals surface area (Å²) in [5, 5.41) is 0. The van der Waals surface area contributed by atoms with E-state index in [4.69, 9.17) is 4.74 Å². The summed E-state index contributed by atoms with van der Waals surface area (Å²) in [5.74, 6) is -0.297. The molecule has 0 aromatic carbocycles. The lowest BCUT2D eigenvalue weighted by Gasteiger charge is -2.02. The standard InChI is InChI=1S/C11H16O2/c1-4-6-7-8-9-13-11(12)10(3)5-2/h4,6-7H,1,3,5,8-9H2,2H3. The number of esters is 1. The molecule has 2 nitrogen and oxygen atoms in total. The Hall–Kier alpha value is -1.31. The Morgan fingerprint density at radius 3 is 2.77 bits per heavy atom. The molecule has 0 aliphatic heterocycles.